The van der Waals surface area contributed by atoms with Crippen molar-refractivity contribution in [2.24, 2.45) is 11.5 Å². The van der Waals surface area contributed by atoms with Crippen LogP contribution in [-0.4, -0.2) is 18.0 Å². The fourth-order valence-electron chi connectivity index (χ4n) is 0.677. The summed E-state index contributed by atoms with van der Waals surface area (Å²) in [5, 5.41) is 0. The lowest BCUT2D eigenvalue weighted by atomic mass is 10.4. The first-order valence-electron chi connectivity index (χ1n) is 3.64. The van der Waals surface area contributed by atoms with Crippen LogP contribution in [0.5, 0.6) is 0 Å². The van der Waals surface area contributed by atoms with Crippen molar-refractivity contribution in [3.8, 4) is 0 Å². The fourth-order valence-corrected chi connectivity index (χ4v) is 0.677. The molecule has 0 aromatic carbocycles. The van der Waals surface area contributed by atoms with Gasteiger partial charge in [-0.1, -0.05) is 17.9 Å². The van der Waals surface area contributed by atoms with E-state index in [1.165, 1.54) is 0 Å². The molecule has 12 heavy (non-hydrogen) atoms. The molecule has 0 aliphatic rings. The smallest absolute Gasteiger partial charge is 0.140 e. The van der Waals surface area contributed by atoms with Crippen molar-refractivity contribution in [2.45, 2.75) is 0 Å². The Balaban J connectivity index is 4.20. The van der Waals surface area contributed by atoms with E-state index in [2.05, 4.69) is 18.9 Å². The summed E-state index contributed by atoms with van der Waals surface area (Å²) < 4.78 is 0. The van der Waals surface area contributed by atoms with Crippen molar-refractivity contribution < 1.29 is 0 Å². The minimum Gasteiger partial charge on any atom is -0.379 e. The second kappa shape index (κ2) is 6.13. The highest BCUT2D eigenvalue weighted by Gasteiger charge is 1.89. The topological polar surface area (TPSA) is 55.3 Å². The Bertz CT molecular complexity index is 198. The van der Waals surface area contributed by atoms with Crippen LogP contribution in [0.15, 0.2) is 43.1 Å². The van der Waals surface area contributed by atoms with Crippen LogP contribution >= 0.6 is 0 Å². The molecule has 4 N–H and O–H groups in total. The van der Waals surface area contributed by atoms with E-state index >= 15 is 0 Å². The third-order valence-electron chi connectivity index (χ3n) is 1.14. The average Bonchev–Trinajstić information content (AvgIpc) is 2.01. The Hall–Kier alpha value is -1.60. The van der Waals surface area contributed by atoms with Gasteiger partial charge in [0.1, 0.15) is 5.82 Å². The summed E-state index contributed by atoms with van der Waals surface area (Å²) in [4.78, 5) is 1.93. The normalized spacial score (nSPS) is 8.00. The van der Waals surface area contributed by atoms with E-state index in [1.807, 2.05) is 4.90 Å². The maximum absolute atomic E-state index is 5.21. The lowest BCUT2D eigenvalue weighted by Crippen LogP contribution is -2.17. The molecule has 0 spiro atoms. The minimum absolute atomic E-state index is 0.174. The summed E-state index contributed by atoms with van der Waals surface area (Å²) in [6.07, 6.45) is 5.27. The largest absolute Gasteiger partial charge is 0.379 e. The van der Waals surface area contributed by atoms with Crippen LogP contribution in [0.1, 0.15) is 0 Å². The molecule has 0 aliphatic heterocycles. The Kier molecular flexibility index (Phi) is 5.31. The van der Waals surface area contributed by atoms with Crippen molar-refractivity contribution in [3.05, 3.63) is 43.1 Å². The summed E-state index contributed by atoms with van der Waals surface area (Å²) in [6, 6.07) is 0. The number of hydrogen-bond donors (Lipinski definition) is 2. The van der Waals surface area contributed by atoms with Crippen molar-refractivity contribution in [1.29, 1.82) is 0 Å². The molecule has 0 saturated carbocycles. The molecule has 0 unspecified atom stereocenters. The van der Waals surface area contributed by atoms with E-state index in [1.54, 1.807) is 18.4 Å². The molecule has 0 radical (unpaired) electrons. The Labute approximate surface area is 73.3 Å². The first-order valence-corrected chi connectivity index (χ1v) is 3.64. The molecule has 0 fully saturated rings. The molecule has 66 valence electrons. The number of nitrogens with zero attached hydrogens (tertiary/aromatic N) is 1. The molecule has 3 nitrogen and oxygen atoms in total. The molecule has 0 aliphatic carbocycles. The monoisotopic (exact) mass is 165 g/mol. The van der Waals surface area contributed by atoms with Crippen molar-refractivity contribution in [2.75, 3.05) is 13.1 Å². The molecule has 0 aromatic heterocycles. The number of nitrogens with two attached hydrogens (primary N) is 2. The molecule has 0 heterocycles. The highest BCUT2D eigenvalue weighted by molar-refractivity contribution is 4.94. The quantitative estimate of drug-likeness (QED) is 0.461. The van der Waals surface area contributed by atoms with Crippen molar-refractivity contribution >= 4 is 0 Å². The van der Waals surface area contributed by atoms with E-state index < -0.39 is 0 Å². The van der Waals surface area contributed by atoms with Crippen molar-refractivity contribution in [1.82, 2.24) is 4.90 Å². The minimum atomic E-state index is 0.174. The van der Waals surface area contributed by atoms with Crippen LogP contribution in [0, 0.1) is 0 Å². The van der Waals surface area contributed by atoms with E-state index in [4.69, 9.17) is 11.5 Å². The molecule has 3 heteroatoms. The van der Waals surface area contributed by atoms with E-state index in [-0.39, 0.29) is 5.82 Å². The standard InChI is InChI=1S/C9H15N3/c1-3-6-12(7-4-2)8-5-9(10)11/h3-4,8H,1-2,6-7,10-11H2. The van der Waals surface area contributed by atoms with Crippen LogP contribution in [0.3, 0.4) is 0 Å². The third kappa shape index (κ3) is 5.21. The van der Waals surface area contributed by atoms with Gasteiger partial charge in [0.15, 0.2) is 0 Å². The first kappa shape index (κ1) is 10.4. The van der Waals surface area contributed by atoms with E-state index in [9.17, 15) is 0 Å². The lowest BCUT2D eigenvalue weighted by molar-refractivity contribution is 0.463. The van der Waals surface area contributed by atoms with Crippen molar-refractivity contribution in [3.63, 3.8) is 0 Å². The highest BCUT2D eigenvalue weighted by Crippen LogP contribution is 1.89. The third-order valence-corrected chi connectivity index (χ3v) is 1.14. The predicted octanol–water partition coefficient (Wildman–Crippen LogP) is 0.532. The number of rotatable bonds is 5. The van der Waals surface area contributed by atoms with Gasteiger partial charge in [0.05, 0.1) is 0 Å². The van der Waals surface area contributed by atoms with Gasteiger partial charge in [-0.05, 0) is 0 Å². The SMILES string of the molecule is C=CCN(C=C=C(N)N)CC=C. The van der Waals surface area contributed by atoms with Crippen LogP contribution in [0.25, 0.3) is 0 Å². The fraction of sp³-hybridized carbons (Fsp3) is 0.222. The van der Waals surface area contributed by atoms with Gasteiger partial charge in [-0.25, -0.2) is 0 Å². The van der Waals surface area contributed by atoms with Gasteiger partial charge >= 0.3 is 0 Å². The summed E-state index contributed by atoms with van der Waals surface area (Å²) in [7, 11) is 0. The second-order valence-corrected chi connectivity index (χ2v) is 2.26. The molecule has 0 aromatic rings. The van der Waals surface area contributed by atoms with E-state index in [0.29, 0.717) is 0 Å². The van der Waals surface area contributed by atoms with Crippen LogP contribution in [0.2, 0.25) is 0 Å². The van der Waals surface area contributed by atoms with Gasteiger partial charge in [0.25, 0.3) is 0 Å². The molecule has 0 rings (SSSR count). The summed E-state index contributed by atoms with van der Waals surface area (Å²) >= 11 is 0. The molecule has 0 amide bonds. The summed E-state index contributed by atoms with van der Waals surface area (Å²) in [6.45, 7) is 8.69. The van der Waals surface area contributed by atoms with Gasteiger partial charge in [0.2, 0.25) is 0 Å². The van der Waals surface area contributed by atoms with Crippen LogP contribution < -0.4 is 11.5 Å². The Morgan fingerprint density at radius 1 is 1.25 bits per heavy atom. The van der Waals surface area contributed by atoms with Gasteiger partial charge in [0, 0.05) is 19.3 Å². The molecular formula is C9H15N3. The van der Waals surface area contributed by atoms with Crippen LogP contribution in [-0.2, 0) is 0 Å². The van der Waals surface area contributed by atoms with Gasteiger partial charge in [-0.2, -0.15) is 0 Å². The first-order chi connectivity index (χ1) is 5.70. The zero-order valence-corrected chi connectivity index (χ0v) is 7.16. The Morgan fingerprint density at radius 2 is 1.75 bits per heavy atom. The van der Waals surface area contributed by atoms with E-state index in [0.717, 1.165) is 13.1 Å². The molecule has 0 atom stereocenters. The zero-order chi connectivity index (χ0) is 9.40. The average molecular weight is 165 g/mol. The highest BCUT2D eigenvalue weighted by atomic mass is 15.1. The second-order valence-electron chi connectivity index (χ2n) is 2.26. The maximum Gasteiger partial charge on any atom is 0.140 e. The van der Waals surface area contributed by atoms with Gasteiger partial charge < -0.3 is 16.4 Å². The maximum atomic E-state index is 5.21. The van der Waals surface area contributed by atoms with Crippen LogP contribution in [0.4, 0.5) is 0 Å². The predicted molar refractivity (Wildman–Crippen MR) is 51.9 cm³/mol. The summed E-state index contributed by atoms with van der Waals surface area (Å²) in [5.41, 5.74) is 13.1. The van der Waals surface area contributed by atoms with Gasteiger partial charge in [-0.15, -0.1) is 13.2 Å². The zero-order valence-electron chi connectivity index (χ0n) is 7.16. The molecular weight excluding hydrogens is 150 g/mol. The number of hydrogen-bond acceptors (Lipinski definition) is 3. The molecule has 0 bridgehead atoms. The van der Waals surface area contributed by atoms with Gasteiger partial charge in [-0.3, -0.25) is 0 Å². The Morgan fingerprint density at radius 3 is 2.08 bits per heavy atom. The summed E-state index contributed by atoms with van der Waals surface area (Å²) in [5.74, 6) is 0.174. The lowest BCUT2D eigenvalue weighted by Gasteiger charge is -2.13. The molecule has 0 saturated heterocycles.